The summed E-state index contributed by atoms with van der Waals surface area (Å²) < 4.78 is 0. The molecular weight excluding hydrogens is 298 g/mol. The summed E-state index contributed by atoms with van der Waals surface area (Å²) in [4.78, 5) is 18.6. The fourth-order valence-corrected chi connectivity index (χ4v) is 3.08. The van der Waals surface area contributed by atoms with Crippen molar-refractivity contribution < 1.29 is 4.79 Å². The minimum atomic E-state index is 0.0362. The smallest absolute Gasteiger partial charge is 0.272 e. The number of benzene rings is 1. The molecule has 0 aliphatic carbocycles. The largest absolute Gasteiger partial charge is 0.354 e. The molecule has 4 heteroatoms. The van der Waals surface area contributed by atoms with Crippen LogP contribution in [0.3, 0.4) is 0 Å². The average molecular weight is 323 g/mol. The lowest BCUT2D eigenvalue weighted by Gasteiger charge is -2.23. The minimum absolute atomic E-state index is 0.0362. The number of anilines is 2. The van der Waals surface area contributed by atoms with Gasteiger partial charge in [-0.15, -0.1) is 0 Å². The number of aromatic nitrogens is 1. The zero-order valence-corrected chi connectivity index (χ0v) is 14.7. The lowest BCUT2D eigenvalue weighted by atomic mass is 9.86. The molecule has 0 bridgehead atoms. The van der Waals surface area contributed by atoms with Crippen LogP contribution in [0, 0.1) is 0 Å². The molecular formula is C20H25N3O. The van der Waals surface area contributed by atoms with E-state index in [1.165, 1.54) is 5.56 Å². The Kier molecular flexibility index (Phi) is 4.56. The number of hydrogen-bond donors (Lipinski definition) is 1. The van der Waals surface area contributed by atoms with Gasteiger partial charge in [0.25, 0.3) is 5.91 Å². The van der Waals surface area contributed by atoms with Crippen LogP contribution in [0.2, 0.25) is 0 Å². The van der Waals surface area contributed by atoms with Crippen molar-refractivity contribution in [3.05, 3.63) is 53.9 Å². The number of hydrogen-bond acceptors (Lipinski definition) is 3. The van der Waals surface area contributed by atoms with Gasteiger partial charge in [0.1, 0.15) is 5.69 Å². The van der Waals surface area contributed by atoms with Crippen molar-refractivity contribution in [3.63, 3.8) is 0 Å². The van der Waals surface area contributed by atoms with E-state index >= 15 is 0 Å². The van der Waals surface area contributed by atoms with E-state index in [9.17, 15) is 4.79 Å². The van der Waals surface area contributed by atoms with Crippen molar-refractivity contribution >= 4 is 17.3 Å². The molecule has 1 aromatic carbocycles. The molecule has 1 amide bonds. The third-order valence-electron chi connectivity index (χ3n) is 4.39. The first-order valence-electron chi connectivity index (χ1n) is 8.57. The second-order valence-corrected chi connectivity index (χ2v) is 7.35. The summed E-state index contributed by atoms with van der Waals surface area (Å²) in [6, 6.07) is 12.0. The van der Waals surface area contributed by atoms with Crippen LogP contribution >= 0.6 is 0 Å². The highest BCUT2D eigenvalue weighted by atomic mass is 16.2. The van der Waals surface area contributed by atoms with Gasteiger partial charge in [0.05, 0.1) is 11.9 Å². The number of para-hydroxylation sites is 1. The fraction of sp³-hybridized carbons (Fsp3) is 0.400. The normalized spacial score (nSPS) is 14.7. The van der Waals surface area contributed by atoms with Crippen LogP contribution in [-0.4, -0.2) is 28.9 Å². The van der Waals surface area contributed by atoms with Gasteiger partial charge in [-0.05, 0) is 42.0 Å². The third kappa shape index (κ3) is 3.58. The topological polar surface area (TPSA) is 45.2 Å². The second-order valence-electron chi connectivity index (χ2n) is 7.35. The monoisotopic (exact) mass is 323 g/mol. The average Bonchev–Trinajstić information content (AvgIpc) is 3.09. The maximum Gasteiger partial charge on any atom is 0.272 e. The van der Waals surface area contributed by atoms with Gasteiger partial charge < -0.3 is 10.2 Å². The molecule has 4 nitrogen and oxygen atoms in total. The summed E-state index contributed by atoms with van der Waals surface area (Å²) in [5.74, 6) is 0.0362. The van der Waals surface area contributed by atoms with E-state index in [1.807, 2.05) is 23.1 Å². The van der Waals surface area contributed by atoms with Gasteiger partial charge in [-0.1, -0.05) is 39.0 Å². The van der Waals surface area contributed by atoms with Crippen LogP contribution in [0.1, 0.15) is 49.7 Å². The Morgan fingerprint density at radius 2 is 1.79 bits per heavy atom. The Bertz CT molecular complexity index is 710. The highest BCUT2D eigenvalue weighted by molar-refractivity contribution is 5.92. The highest BCUT2D eigenvalue weighted by Crippen LogP contribution is 2.31. The Morgan fingerprint density at radius 3 is 2.42 bits per heavy atom. The van der Waals surface area contributed by atoms with E-state index in [4.69, 9.17) is 0 Å². The molecule has 3 rings (SSSR count). The van der Waals surface area contributed by atoms with Crippen molar-refractivity contribution in [3.8, 4) is 0 Å². The van der Waals surface area contributed by atoms with Crippen LogP contribution in [0.25, 0.3) is 0 Å². The van der Waals surface area contributed by atoms with Gasteiger partial charge in [0.15, 0.2) is 0 Å². The summed E-state index contributed by atoms with van der Waals surface area (Å²) in [5, 5.41) is 3.43. The summed E-state index contributed by atoms with van der Waals surface area (Å²) in [5.41, 5.74) is 3.80. The Hall–Kier alpha value is -2.36. The van der Waals surface area contributed by atoms with Gasteiger partial charge >= 0.3 is 0 Å². The lowest BCUT2D eigenvalue weighted by Crippen LogP contribution is -2.28. The Balaban J connectivity index is 1.76. The molecule has 0 atom stereocenters. The van der Waals surface area contributed by atoms with Crippen molar-refractivity contribution in [2.75, 3.05) is 18.4 Å². The van der Waals surface area contributed by atoms with Gasteiger partial charge in [0, 0.05) is 18.8 Å². The first-order valence-corrected chi connectivity index (χ1v) is 8.57. The molecule has 1 aliphatic heterocycles. The molecule has 2 aromatic rings. The van der Waals surface area contributed by atoms with Crippen molar-refractivity contribution in [2.24, 2.45) is 0 Å². The SMILES string of the molecule is CC(C)(C)c1ccccc1Nc1ccc(C(=O)N2CCCC2)nc1. The molecule has 1 saturated heterocycles. The first kappa shape index (κ1) is 16.5. The zero-order chi connectivity index (χ0) is 17.2. The lowest BCUT2D eigenvalue weighted by molar-refractivity contribution is 0.0787. The number of nitrogens with one attached hydrogen (secondary N) is 1. The quantitative estimate of drug-likeness (QED) is 0.913. The number of nitrogens with zero attached hydrogens (tertiary/aromatic N) is 2. The van der Waals surface area contributed by atoms with Gasteiger partial charge in [-0.2, -0.15) is 0 Å². The molecule has 0 saturated carbocycles. The molecule has 2 heterocycles. The van der Waals surface area contributed by atoms with E-state index in [0.29, 0.717) is 5.69 Å². The van der Waals surface area contributed by atoms with Crippen LogP contribution in [-0.2, 0) is 5.41 Å². The fourth-order valence-electron chi connectivity index (χ4n) is 3.08. The maximum absolute atomic E-state index is 12.3. The molecule has 126 valence electrons. The van der Waals surface area contributed by atoms with Gasteiger partial charge in [-0.25, -0.2) is 4.98 Å². The first-order chi connectivity index (χ1) is 11.4. The molecule has 1 aliphatic rings. The predicted molar refractivity (Wildman–Crippen MR) is 97.8 cm³/mol. The van der Waals surface area contributed by atoms with Crippen LogP contribution < -0.4 is 5.32 Å². The van der Waals surface area contributed by atoms with E-state index < -0.39 is 0 Å². The summed E-state index contributed by atoms with van der Waals surface area (Å²) >= 11 is 0. The van der Waals surface area contributed by atoms with E-state index in [0.717, 1.165) is 37.3 Å². The second kappa shape index (κ2) is 6.63. The Morgan fingerprint density at radius 1 is 1.08 bits per heavy atom. The van der Waals surface area contributed by atoms with Crippen LogP contribution in [0.15, 0.2) is 42.6 Å². The van der Waals surface area contributed by atoms with Crippen LogP contribution in [0.4, 0.5) is 11.4 Å². The van der Waals surface area contributed by atoms with Gasteiger partial charge in [0.2, 0.25) is 0 Å². The zero-order valence-electron chi connectivity index (χ0n) is 14.7. The van der Waals surface area contributed by atoms with Crippen LogP contribution in [0.5, 0.6) is 0 Å². The van der Waals surface area contributed by atoms with Crippen molar-refractivity contribution in [1.29, 1.82) is 0 Å². The number of carbonyl (C=O) groups is 1. The summed E-state index contributed by atoms with van der Waals surface area (Å²) in [7, 11) is 0. The van der Waals surface area contributed by atoms with Gasteiger partial charge in [-0.3, -0.25) is 4.79 Å². The standard InChI is InChI=1S/C20H25N3O/c1-20(2,3)16-8-4-5-9-17(16)22-15-10-11-18(21-14-15)19(24)23-12-6-7-13-23/h4-5,8-11,14,22H,6-7,12-13H2,1-3H3. The van der Waals surface area contributed by atoms with E-state index in [1.54, 1.807) is 6.20 Å². The molecule has 0 unspecified atom stereocenters. The number of rotatable bonds is 3. The van der Waals surface area contributed by atoms with Crippen molar-refractivity contribution in [2.45, 2.75) is 39.0 Å². The summed E-state index contributed by atoms with van der Waals surface area (Å²) in [6.07, 6.45) is 3.92. The molecule has 0 spiro atoms. The molecule has 24 heavy (non-hydrogen) atoms. The molecule has 0 radical (unpaired) electrons. The number of amides is 1. The third-order valence-corrected chi connectivity index (χ3v) is 4.39. The molecule has 1 fully saturated rings. The minimum Gasteiger partial charge on any atom is -0.354 e. The van der Waals surface area contributed by atoms with E-state index in [-0.39, 0.29) is 11.3 Å². The molecule has 1 aromatic heterocycles. The molecule has 1 N–H and O–H groups in total. The highest BCUT2D eigenvalue weighted by Gasteiger charge is 2.21. The Labute approximate surface area is 143 Å². The summed E-state index contributed by atoms with van der Waals surface area (Å²) in [6.45, 7) is 8.29. The number of pyridine rings is 1. The predicted octanol–water partition coefficient (Wildman–Crippen LogP) is 4.36. The van der Waals surface area contributed by atoms with Crippen molar-refractivity contribution in [1.82, 2.24) is 9.88 Å². The number of likely N-dealkylation sites (tertiary alicyclic amines) is 1. The number of carbonyl (C=O) groups excluding carboxylic acids is 1. The maximum atomic E-state index is 12.3. The van der Waals surface area contributed by atoms with E-state index in [2.05, 4.69) is 49.3 Å².